The van der Waals surface area contributed by atoms with Crippen molar-refractivity contribution in [3.8, 4) is 11.5 Å². The lowest BCUT2D eigenvalue weighted by Crippen LogP contribution is -2.38. The third-order valence-corrected chi connectivity index (χ3v) is 6.11. The van der Waals surface area contributed by atoms with Crippen LogP contribution in [0.1, 0.15) is 0 Å². The van der Waals surface area contributed by atoms with Gasteiger partial charge in [0.05, 0.1) is 0 Å². The zero-order chi connectivity index (χ0) is 14.9. The van der Waals surface area contributed by atoms with Crippen molar-refractivity contribution < 1.29 is 38.7 Å². The van der Waals surface area contributed by atoms with Gasteiger partial charge in [0, 0.05) is 7.11 Å². The third-order valence-electron chi connectivity index (χ3n) is 2.17. The van der Waals surface area contributed by atoms with Gasteiger partial charge in [-0.1, -0.05) is 0 Å². The first-order valence-corrected chi connectivity index (χ1v) is 8.30. The van der Waals surface area contributed by atoms with E-state index >= 15 is 0 Å². The maximum atomic E-state index is 11.5. The van der Waals surface area contributed by atoms with Gasteiger partial charge in [-0.3, -0.25) is 4.57 Å². The van der Waals surface area contributed by atoms with E-state index < -0.39 is 20.2 Å². The fraction of sp³-hybridized carbons (Fsp3) is 0.222. The molecule has 0 saturated heterocycles. The quantitative estimate of drug-likeness (QED) is 0.391. The molecule has 0 aliphatic rings. The van der Waals surface area contributed by atoms with E-state index in [1.54, 1.807) is 0 Å². The first-order chi connectivity index (χ1) is 8.53. The number of phenols is 1. The molecule has 0 bridgehead atoms. The molecule has 1 aromatic rings. The maximum absolute atomic E-state index is 11.5. The average Bonchev–Trinajstić information content (AvgIpc) is 2.25. The summed E-state index contributed by atoms with van der Waals surface area (Å²) in [5, 5.41) is 6.10. The average molecular weight is 312 g/mol. The van der Waals surface area contributed by atoms with E-state index in [1.807, 2.05) is 0 Å². The Morgan fingerprint density at radius 3 is 1.95 bits per heavy atom. The van der Waals surface area contributed by atoms with Gasteiger partial charge < -0.3 is 34.2 Å². The highest BCUT2D eigenvalue weighted by Crippen LogP contribution is 2.69. The van der Waals surface area contributed by atoms with E-state index in [2.05, 4.69) is 11.0 Å². The molecule has 10 heteroatoms. The summed E-state index contributed by atoms with van der Waals surface area (Å²) in [5.74, 6) is -0.241. The predicted molar refractivity (Wildman–Crippen MR) is 69.0 cm³/mol. The normalized spacial score (nSPS) is 15.8. The molecule has 108 valence electrons. The monoisotopic (exact) mass is 312 g/mol. The minimum absolute atomic E-state index is 0.102. The molecule has 8 nitrogen and oxygen atoms in total. The summed E-state index contributed by atoms with van der Waals surface area (Å²) in [6.45, 7) is 0. The number of ether oxygens (including phenoxy) is 2. The van der Waals surface area contributed by atoms with E-state index in [-0.39, 0.29) is 11.5 Å². The van der Waals surface area contributed by atoms with E-state index in [4.69, 9.17) is 9.84 Å². The number of hydrogen-bond acceptors (Lipinski definition) is 6. The minimum Gasteiger partial charge on any atom is -0.508 e. The summed E-state index contributed by atoms with van der Waals surface area (Å²) >= 11 is 0. The minimum atomic E-state index is -5.23. The van der Waals surface area contributed by atoms with E-state index in [9.17, 15) is 24.1 Å². The standard InChI is InChI=1S/C9H14O8P2/c1-16-9(18(2,11)12,19(13,14)15)17-8-5-3-7(10)4-6-8/h3-6,10-12H,2H2,1H3,(H2,13,14,15). The van der Waals surface area contributed by atoms with Crippen LogP contribution >= 0.6 is 14.9 Å². The van der Waals surface area contributed by atoms with Crippen LogP contribution in [0.2, 0.25) is 0 Å². The van der Waals surface area contributed by atoms with Crippen molar-refractivity contribution in [2.24, 2.45) is 0 Å². The lowest BCUT2D eigenvalue weighted by molar-refractivity contribution is -0.0559. The highest BCUT2D eigenvalue weighted by Gasteiger charge is 2.60. The summed E-state index contributed by atoms with van der Waals surface area (Å²) in [7, 11) is -8.85. The number of hydrogen-bond donors (Lipinski definition) is 5. The van der Waals surface area contributed by atoms with Gasteiger partial charge in [0.2, 0.25) is 0 Å². The summed E-state index contributed by atoms with van der Waals surface area (Å²) in [6.07, 6.45) is 2.92. The largest absolute Gasteiger partial charge is 0.508 e. The SMILES string of the molecule is C=P(O)(O)C(OC)(Oc1ccc(O)cc1)P(=O)(O)O. The molecule has 1 aromatic carbocycles. The molecule has 1 unspecified atom stereocenters. The van der Waals surface area contributed by atoms with Gasteiger partial charge in [-0.05, 0) is 30.6 Å². The fourth-order valence-electron chi connectivity index (χ4n) is 1.32. The number of aromatic hydroxyl groups is 1. The van der Waals surface area contributed by atoms with Crippen molar-refractivity contribution >= 4 is 21.2 Å². The van der Waals surface area contributed by atoms with Gasteiger partial charge in [-0.2, -0.15) is 0 Å². The van der Waals surface area contributed by atoms with Crippen molar-refractivity contribution in [2.75, 3.05) is 7.11 Å². The van der Waals surface area contributed by atoms with E-state index in [1.165, 1.54) is 24.3 Å². The molecule has 5 N–H and O–H groups in total. The number of benzene rings is 1. The van der Waals surface area contributed by atoms with Crippen molar-refractivity contribution in [1.82, 2.24) is 0 Å². The Hall–Kier alpha value is -0.850. The van der Waals surface area contributed by atoms with Crippen LogP contribution in [-0.4, -0.2) is 43.4 Å². The molecule has 0 aliphatic carbocycles. The van der Waals surface area contributed by atoms with Crippen LogP contribution in [0, 0.1) is 0 Å². The summed E-state index contributed by atoms with van der Waals surface area (Å²) in [4.78, 5) is 37.6. The summed E-state index contributed by atoms with van der Waals surface area (Å²) < 4.78 is 20.9. The topological polar surface area (TPSA) is 137 Å². The van der Waals surface area contributed by atoms with Crippen LogP contribution in [0.3, 0.4) is 0 Å². The van der Waals surface area contributed by atoms with Crippen molar-refractivity contribution in [3.05, 3.63) is 24.3 Å². The van der Waals surface area contributed by atoms with Gasteiger partial charge >= 0.3 is 12.9 Å². The van der Waals surface area contributed by atoms with Gasteiger partial charge in [0.15, 0.2) is 7.34 Å². The lowest BCUT2D eigenvalue weighted by atomic mass is 10.3. The zero-order valence-electron chi connectivity index (χ0n) is 9.87. The Balaban J connectivity index is 3.30. The van der Waals surface area contributed by atoms with Gasteiger partial charge in [0.1, 0.15) is 11.5 Å². The van der Waals surface area contributed by atoms with Crippen LogP contribution in [0.25, 0.3) is 0 Å². The fourth-order valence-corrected chi connectivity index (χ4v) is 3.99. The Labute approximate surface area is 109 Å². The molecule has 0 fully saturated rings. The Kier molecular flexibility index (Phi) is 4.49. The highest BCUT2D eigenvalue weighted by atomic mass is 31.2. The molecule has 0 heterocycles. The molecule has 1 rings (SSSR count). The number of rotatable bonds is 5. The van der Waals surface area contributed by atoms with Crippen LogP contribution < -0.4 is 4.74 Å². The molecule has 0 saturated carbocycles. The third kappa shape index (κ3) is 3.19. The molecule has 0 radical (unpaired) electrons. The van der Waals surface area contributed by atoms with Crippen molar-refractivity contribution in [3.63, 3.8) is 0 Å². The zero-order valence-corrected chi connectivity index (χ0v) is 11.7. The number of methoxy groups -OCH3 is 1. The number of phenolic OH excluding ortho intramolecular Hbond substituents is 1. The van der Waals surface area contributed by atoms with Crippen LogP contribution in [0.15, 0.2) is 24.3 Å². The van der Waals surface area contributed by atoms with Crippen molar-refractivity contribution in [2.45, 2.75) is 5.27 Å². The van der Waals surface area contributed by atoms with Crippen molar-refractivity contribution in [1.29, 1.82) is 0 Å². The molecular formula is C9H14O8P2. The first kappa shape index (κ1) is 16.2. The van der Waals surface area contributed by atoms with Gasteiger partial charge in [-0.15, -0.1) is 0 Å². The Morgan fingerprint density at radius 1 is 1.16 bits per heavy atom. The molecule has 0 aliphatic heterocycles. The smallest absolute Gasteiger partial charge is 0.406 e. The van der Waals surface area contributed by atoms with E-state index in [0.29, 0.717) is 0 Å². The van der Waals surface area contributed by atoms with Crippen LogP contribution in [0.5, 0.6) is 11.5 Å². The molecule has 0 spiro atoms. The Morgan fingerprint density at radius 2 is 1.63 bits per heavy atom. The predicted octanol–water partition coefficient (Wildman–Crippen LogP) is 0.471. The molecular weight excluding hydrogens is 298 g/mol. The van der Waals surface area contributed by atoms with Gasteiger partial charge in [-0.25, -0.2) is 0 Å². The summed E-state index contributed by atoms with van der Waals surface area (Å²) in [5.41, 5.74) is 0. The maximum Gasteiger partial charge on any atom is 0.406 e. The molecule has 0 amide bonds. The molecule has 1 atom stereocenters. The molecule has 0 aromatic heterocycles. The van der Waals surface area contributed by atoms with Crippen LogP contribution in [-0.2, 0) is 9.30 Å². The van der Waals surface area contributed by atoms with Gasteiger partial charge in [0.25, 0.3) is 0 Å². The first-order valence-electron chi connectivity index (χ1n) is 4.81. The van der Waals surface area contributed by atoms with Crippen LogP contribution in [0.4, 0.5) is 0 Å². The lowest BCUT2D eigenvalue weighted by Gasteiger charge is -2.36. The summed E-state index contributed by atoms with van der Waals surface area (Å²) in [6, 6.07) is 4.73. The van der Waals surface area contributed by atoms with E-state index in [0.717, 1.165) is 7.11 Å². The molecule has 19 heavy (non-hydrogen) atoms. The Bertz CT molecular complexity index is 506. The second kappa shape index (κ2) is 5.26. The highest BCUT2D eigenvalue weighted by molar-refractivity contribution is 7.77. The second-order valence-corrected chi connectivity index (χ2v) is 7.70. The second-order valence-electron chi connectivity index (χ2n) is 3.62.